The van der Waals surface area contributed by atoms with Gasteiger partial charge >= 0.3 is 18.3 Å². The van der Waals surface area contributed by atoms with Gasteiger partial charge < -0.3 is 35.9 Å². The highest BCUT2D eigenvalue weighted by atomic mass is 16.6. The normalized spacial score (nSPS) is 12.5. The monoisotopic (exact) mass is 556 g/mol. The predicted octanol–water partition coefficient (Wildman–Crippen LogP) is 5.01. The lowest BCUT2D eigenvalue weighted by molar-refractivity contribution is 0.0527. The molecule has 0 aromatic heterocycles. The summed E-state index contributed by atoms with van der Waals surface area (Å²) in [6.07, 6.45) is 1.64. The van der Waals surface area contributed by atoms with Crippen LogP contribution < -0.4 is 21.7 Å². The predicted molar refractivity (Wildman–Crippen MR) is 153 cm³/mol. The maximum atomic E-state index is 12.5. The van der Waals surface area contributed by atoms with Gasteiger partial charge in [-0.3, -0.25) is 0 Å². The van der Waals surface area contributed by atoms with Crippen molar-refractivity contribution < 1.29 is 28.6 Å². The molecule has 2 unspecified atom stereocenters. The summed E-state index contributed by atoms with van der Waals surface area (Å²) in [5.74, 6) is 0. The van der Waals surface area contributed by atoms with E-state index in [1.807, 2.05) is 81.4 Å². The Morgan fingerprint density at radius 2 is 1.30 bits per heavy atom. The lowest BCUT2D eigenvalue weighted by Crippen LogP contribution is -2.41. The average Bonchev–Trinajstić information content (AvgIpc) is 2.90. The molecule has 2 aromatic rings. The standard InChI is InChI=1S/C30H44N4O6/c1-30(2,3)40-28(36)32-18-11-10-16-26(34-29(37)39-22-24-14-8-5-9-15-24)20-25(31)17-19-33-27(35)38-21-23-12-6-4-7-13-23/h4-9,12-15,25-26H,10-11,16-22,31H2,1-3H3,(H,32,36)(H,33,35)(H,34,37). The van der Waals surface area contributed by atoms with Gasteiger partial charge in [0, 0.05) is 25.2 Å². The van der Waals surface area contributed by atoms with Crippen molar-refractivity contribution in [2.75, 3.05) is 13.1 Å². The van der Waals surface area contributed by atoms with Crippen LogP contribution in [0.1, 0.15) is 64.0 Å². The maximum Gasteiger partial charge on any atom is 0.407 e. The SMILES string of the molecule is CC(C)(C)OC(=O)NCCCCC(CC(N)CCNC(=O)OCc1ccccc1)NC(=O)OCc1ccccc1. The van der Waals surface area contributed by atoms with Gasteiger partial charge in [0.25, 0.3) is 0 Å². The van der Waals surface area contributed by atoms with Crippen LogP contribution in [-0.4, -0.2) is 49.1 Å². The quantitative estimate of drug-likeness (QED) is 0.178. The molecule has 10 nitrogen and oxygen atoms in total. The molecule has 10 heteroatoms. The molecule has 0 saturated carbocycles. The number of ether oxygens (including phenoxy) is 3. The van der Waals surface area contributed by atoms with Crippen molar-refractivity contribution in [3.8, 4) is 0 Å². The molecule has 0 aliphatic rings. The molecule has 220 valence electrons. The molecule has 40 heavy (non-hydrogen) atoms. The van der Waals surface area contributed by atoms with Crippen molar-refractivity contribution in [3.63, 3.8) is 0 Å². The topological polar surface area (TPSA) is 141 Å². The van der Waals surface area contributed by atoms with Gasteiger partial charge in [0.1, 0.15) is 18.8 Å². The summed E-state index contributed by atoms with van der Waals surface area (Å²) in [4.78, 5) is 36.3. The Morgan fingerprint density at radius 3 is 1.88 bits per heavy atom. The molecule has 3 amide bonds. The minimum absolute atomic E-state index is 0.167. The molecule has 0 aliphatic carbocycles. The minimum atomic E-state index is -0.553. The average molecular weight is 557 g/mol. The van der Waals surface area contributed by atoms with E-state index < -0.39 is 23.9 Å². The van der Waals surface area contributed by atoms with Crippen molar-refractivity contribution in [1.29, 1.82) is 0 Å². The van der Waals surface area contributed by atoms with E-state index >= 15 is 0 Å². The van der Waals surface area contributed by atoms with Crippen LogP contribution in [0.15, 0.2) is 60.7 Å². The first-order valence-corrected chi connectivity index (χ1v) is 13.7. The van der Waals surface area contributed by atoms with Gasteiger partial charge in [0.05, 0.1) is 0 Å². The Labute approximate surface area is 237 Å². The highest BCUT2D eigenvalue weighted by Gasteiger charge is 2.18. The van der Waals surface area contributed by atoms with Crippen LogP contribution in [0.5, 0.6) is 0 Å². The van der Waals surface area contributed by atoms with Crippen molar-refractivity contribution >= 4 is 18.3 Å². The Balaban J connectivity index is 1.75. The summed E-state index contributed by atoms with van der Waals surface area (Å²) >= 11 is 0. The summed E-state index contributed by atoms with van der Waals surface area (Å²) in [5.41, 5.74) is 7.58. The van der Waals surface area contributed by atoms with Crippen LogP contribution in [0.2, 0.25) is 0 Å². The van der Waals surface area contributed by atoms with Crippen molar-refractivity contribution in [3.05, 3.63) is 71.8 Å². The van der Waals surface area contributed by atoms with E-state index in [-0.39, 0.29) is 25.3 Å². The fraction of sp³-hybridized carbons (Fsp3) is 0.500. The van der Waals surface area contributed by atoms with E-state index in [9.17, 15) is 14.4 Å². The molecular formula is C30H44N4O6. The smallest absolute Gasteiger partial charge is 0.407 e. The van der Waals surface area contributed by atoms with Crippen LogP contribution in [0, 0.1) is 0 Å². The lowest BCUT2D eigenvalue weighted by atomic mass is 10.00. The Bertz CT molecular complexity index is 1010. The Kier molecular flexibility index (Phi) is 14.4. The summed E-state index contributed by atoms with van der Waals surface area (Å²) in [6.45, 7) is 6.60. The number of carbonyl (C=O) groups is 3. The second kappa shape index (κ2) is 17.7. The fourth-order valence-electron chi connectivity index (χ4n) is 3.82. The summed E-state index contributed by atoms with van der Waals surface area (Å²) < 4.78 is 15.9. The molecule has 5 N–H and O–H groups in total. The van der Waals surface area contributed by atoms with Gasteiger partial charge in [-0.2, -0.15) is 0 Å². The molecule has 0 spiro atoms. The van der Waals surface area contributed by atoms with Gasteiger partial charge in [-0.1, -0.05) is 60.7 Å². The lowest BCUT2D eigenvalue weighted by Gasteiger charge is -2.22. The largest absolute Gasteiger partial charge is 0.445 e. The number of hydrogen-bond acceptors (Lipinski definition) is 7. The zero-order chi connectivity index (χ0) is 29.2. The van der Waals surface area contributed by atoms with Gasteiger partial charge in [-0.25, -0.2) is 14.4 Å². The first-order chi connectivity index (χ1) is 19.1. The number of nitrogens with two attached hydrogens (primary N) is 1. The zero-order valence-corrected chi connectivity index (χ0v) is 23.8. The van der Waals surface area contributed by atoms with Crippen molar-refractivity contribution in [2.24, 2.45) is 5.73 Å². The molecule has 0 bridgehead atoms. The number of hydrogen-bond donors (Lipinski definition) is 4. The molecule has 2 rings (SSSR count). The molecule has 2 aromatic carbocycles. The maximum absolute atomic E-state index is 12.5. The molecule has 0 heterocycles. The zero-order valence-electron chi connectivity index (χ0n) is 23.8. The van der Waals surface area contributed by atoms with E-state index in [0.717, 1.165) is 17.5 Å². The third-order valence-electron chi connectivity index (χ3n) is 5.77. The highest BCUT2D eigenvalue weighted by molar-refractivity contribution is 5.68. The van der Waals surface area contributed by atoms with E-state index in [1.165, 1.54) is 0 Å². The molecule has 0 aliphatic heterocycles. The van der Waals surface area contributed by atoms with Crippen LogP contribution >= 0.6 is 0 Å². The molecule has 2 atom stereocenters. The Morgan fingerprint density at radius 1 is 0.750 bits per heavy atom. The van der Waals surface area contributed by atoms with Crippen LogP contribution in [0.3, 0.4) is 0 Å². The third-order valence-corrected chi connectivity index (χ3v) is 5.77. The first kappa shape index (κ1) is 32.4. The fourth-order valence-corrected chi connectivity index (χ4v) is 3.82. The van der Waals surface area contributed by atoms with Crippen LogP contribution in [-0.2, 0) is 27.4 Å². The molecule has 0 radical (unpaired) electrons. The van der Waals surface area contributed by atoms with E-state index in [1.54, 1.807) is 0 Å². The first-order valence-electron chi connectivity index (χ1n) is 13.7. The van der Waals surface area contributed by atoms with Gasteiger partial charge in [-0.05, 0) is 64.0 Å². The molecule has 0 fully saturated rings. The van der Waals surface area contributed by atoms with E-state index in [0.29, 0.717) is 38.8 Å². The number of nitrogens with one attached hydrogen (secondary N) is 3. The number of benzene rings is 2. The Hall–Kier alpha value is -3.79. The van der Waals surface area contributed by atoms with Crippen LogP contribution in [0.25, 0.3) is 0 Å². The highest BCUT2D eigenvalue weighted by Crippen LogP contribution is 2.11. The van der Waals surface area contributed by atoms with E-state index in [4.69, 9.17) is 19.9 Å². The molecular weight excluding hydrogens is 512 g/mol. The minimum Gasteiger partial charge on any atom is -0.445 e. The number of alkyl carbamates (subject to hydrolysis) is 3. The third kappa shape index (κ3) is 15.6. The van der Waals surface area contributed by atoms with Gasteiger partial charge in [-0.15, -0.1) is 0 Å². The molecule has 0 saturated heterocycles. The van der Waals surface area contributed by atoms with Crippen molar-refractivity contribution in [2.45, 2.75) is 83.8 Å². The number of carbonyl (C=O) groups excluding carboxylic acids is 3. The summed E-state index contributed by atoms with van der Waals surface area (Å²) in [5, 5.41) is 8.38. The number of rotatable bonds is 15. The summed E-state index contributed by atoms with van der Waals surface area (Å²) in [7, 11) is 0. The van der Waals surface area contributed by atoms with Crippen LogP contribution in [0.4, 0.5) is 14.4 Å². The van der Waals surface area contributed by atoms with Gasteiger partial charge in [0.15, 0.2) is 0 Å². The summed E-state index contributed by atoms with van der Waals surface area (Å²) in [6, 6.07) is 18.4. The number of amides is 3. The van der Waals surface area contributed by atoms with E-state index in [2.05, 4.69) is 16.0 Å². The van der Waals surface area contributed by atoms with Crippen molar-refractivity contribution in [1.82, 2.24) is 16.0 Å². The van der Waals surface area contributed by atoms with Gasteiger partial charge in [0.2, 0.25) is 0 Å². The second-order valence-electron chi connectivity index (χ2n) is 10.6. The second-order valence-corrected chi connectivity index (χ2v) is 10.6. The number of unbranched alkanes of at least 4 members (excludes halogenated alkanes) is 1.